The second kappa shape index (κ2) is 14.3. The van der Waals surface area contributed by atoms with Crippen molar-refractivity contribution in [1.29, 1.82) is 0 Å². The number of benzene rings is 8. The third-order valence-corrected chi connectivity index (χ3v) is 11.2. The standard InChI is InChI=1S/C53H33N5O2/c59-52-42-27-16-30-45(48(42)53(60)58(52)44-29-15-26-39(34-17-5-1-6-18-34)47(44)35-19-7-2-8-20-35)57-43-28-14-13-25-40(43)41-32-31-38(33-46(41)57)51-55-49(36-21-9-3-10-22-36)54-50(56-51)37-23-11-4-12-24-37/h1-33H. The summed E-state index contributed by atoms with van der Waals surface area (Å²) < 4.78 is 2.09. The molecule has 0 saturated heterocycles. The average Bonchev–Trinajstić information content (AvgIpc) is 3.79. The van der Waals surface area contributed by atoms with Crippen LogP contribution in [0, 0.1) is 0 Å². The number of carbonyl (C=O) groups excluding carboxylic acids is 2. The first-order valence-electron chi connectivity index (χ1n) is 19.8. The number of nitrogens with zero attached hydrogens (tertiary/aromatic N) is 5. The van der Waals surface area contributed by atoms with Gasteiger partial charge in [-0.05, 0) is 47.0 Å². The predicted octanol–water partition coefficient (Wildman–Crippen LogP) is 12.1. The number of fused-ring (bicyclic) bond motifs is 4. The molecule has 0 radical (unpaired) electrons. The Morgan fingerprint density at radius 1 is 0.333 bits per heavy atom. The van der Waals surface area contributed by atoms with E-state index in [0.717, 1.165) is 60.8 Å². The summed E-state index contributed by atoms with van der Waals surface area (Å²) in [6.07, 6.45) is 0. The molecule has 1 aliphatic rings. The minimum atomic E-state index is -0.382. The summed E-state index contributed by atoms with van der Waals surface area (Å²) in [6, 6.07) is 65.5. The number of anilines is 1. The number of rotatable bonds is 7. The van der Waals surface area contributed by atoms with Gasteiger partial charge >= 0.3 is 0 Å². The highest BCUT2D eigenvalue weighted by Gasteiger charge is 2.40. The maximum Gasteiger partial charge on any atom is 0.268 e. The number of hydrogen-bond acceptors (Lipinski definition) is 5. The molecule has 0 N–H and O–H groups in total. The molecule has 0 atom stereocenters. The Balaban J connectivity index is 1.10. The first kappa shape index (κ1) is 34.9. The molecule has 0 aliphatic carbocycles. The number of amides is 2. The highest BCUT2D eigenvalue weighted by molar-refractivity contribution is 6.37. The van der Waals surface area contributed by atoms with Crippen LogP contribution in [0.25, 0.3) is 83.9 Å². The molecule has 7 nitrogen and oxygen atoms in total. The van der Waals surface area contributed by atoms with E-state index in [1.165, 1.54) is 4.90 Å². The van der Waals surface area contributed by atoms with Gasteiger partial charge in [-0.15, -0.1) is 0 Å². The Hall–Kier alpha value is -8.29. The normalized spacial score (nSPS) is 12.4. The quantitative estimate of drug-likeness (QED) is 0.151. The number of carbonyl (C=O) groups is 2. The summed E-state index contributed by atoms with van der Waals surface area (Å²) in [4.78, 5) is 46.1. The fourth-order valence-corrected chi connectivity index (χ4v) is 8.47. The molecule has 7 heteroatoms. The summed E-state index contributed by atoms with van der Waals surface area (Å²) in [5, 5.41) is 2.00. The fourth-order valence-electron chi connectivity index (χ4n) is 8.47. The van der Waals surface area contributed by atoms with Gasteiger partial charge in [-0.25, -0.2) is 19.9 Å². The van der Waals surface area contributed by atoms with E-state index in [2.05, 4.69) is 22.8 Å². The molecule has 282 valence electrons. The summed E-state index contributed by atoms with van der Waals surface area (Å²) in [6.45, 7) is 0. The monoisotopic (exact) mass is 771 g/mol. The molecule has 8 aromatic carbocycles. The van der Waals surface area contributed by atoms with Gasteiger partial charge in [-0.3, -0.25) is 9.59 Å². The fraction of sp³-hybridized carbons (Fsp3) is 0. The lowest BCUT2D eigenvalue weighted by Crippen LogP contribution is -2.30. The van der Waals surface area contributed by atoms with E-state index in [9.17, 15) is 4.79 Å². The van der Waals surface area contributed by atoms with E-state index >= 15 is 4.79 Å². The lowest BCUT2D eigenvalue weighted by Gasteiger charge is -2.22. The van der Waals surface area contributed by atoms with Crippen molar-refractivity contribution < 1.29 is 9.59 Å². The van der Waals surface area contributed by atoms with E-state index < -0.39 is 0 Å². The molecule has 1 aliphatic heterocycles. The molecule has 0 unspecified atom stereocenters. The summed E-state index contributed by atoms with van der Waals surface area (Å²) in [7, 11) is 0. The second-order valence-corrected chi connectivity index (χ2v) is 14.7. The van der Waals surface area contributed by atoms with E-state index in [0.29, 0.717) is 40.0 Å². The predicted molar refractivity (Wildman–Crippen MR) is 239 cm³/mol. The SMILES string of the molecule is O=C1c2cccc(-n3c4ccccc4c4ccc(-c5nc(-c6ccccc6)nc(-c6ccccc6)n5)cc43)c2C(=O)N1c1cccc(-c2ccccc2)c1-c1ccccc1. The molecule has 0 fully saturated rings. The van der Waals surface area contributed by atoms with Crippen molar-refractivity contribution >= 4 is 39.3 Å². The van der Waals surface area contributed by atoms with Crippen molar-refractivity contribution in [2.45, 2.75) is 0 Å². The average molecular weight is 772 g/mol. The molecule has 3 heterocycles. The topological polar surface area (TPSA) is 81.0 Å². The van der Waals surface area contributed by atoms with E-state index in [-0.39, 0.29) is 11.8 Å². The molecule has 11 rings (SSSR count). The van der Waals surface area contributed by atoms with Crippen LogP contribution in [-0.2, 0) is 0 Å². The largest absolute Gasteiger partial charge is 0.308 e. The Kier molecular flexibility index (Phi) is 8.30. The van der Waals surface area contributed by atoms with Gasteiger partial charge in [0.15, 0.2) is 17.5 Å². The maximum atomic E-state index is 15.1. The summed E-state index contributed by atoms with van der Waals surface area (Å²) in [5.74, 6) is 0.900. The highest BCUT2D eigenvalue weighted by atomic mass is 16.2. The molecular weight excluding hydrogens is 739 g/mol. The highest BCUT2D eigenvalue weighted by Crippen LogP contribution is 2.44. The summed E-state index contributed by atoms with van der Waals surface area (Å²) >= 11 is 0. The van der Waals surface area contributed by atoms with E-state index in [1.54, 1.807) is 6.07 Å². The minimum absolute atomic E-state index is 0.345. The van der Waals surface area contributed by atoms with Gasteiger partial charge in [0.1, 0.15) is 0 Å². The van der Waals surface area contributed by atoms with Gasteiger partial charge in [-0.2, -0.15) is 0 Å². The van der Waals surface area contributed by atoms with Crippen LogP contribution in [0.2, 0.25) is 0 Å². The maximum absolute atomic E-state index is 15.1. The number of para-hydroxylation sites is 1. The first-order valence-corrected chi connectivity index (χ1v) is 19.8. The van der Waals surface area contributed by atoms with E-state index in [1.807, 2.05) is 176 Å². The number of imide groups is 1. The van der Waals surface area contributed by atoms with Crippen LogP contribution in [-0.4, -0.2) is 31.3 Å². The Morgan fingerprint density at radius 3 is 1.47 bits per heavy atom. The Morgan fingerprint density at radius 2 is 0.833 bits per heavy atom. The molecule has 2 aromatic heterocycles. The zero-order valence-corrected chi connectivity index (χ0v) is 32.1. The molecular formula is C53H33N5O2. The van der Waals surface area contributed by atoms with Crippen LogP contribution in [0.5, 0.6) is 0 Å². The second-order valence-electron chi connectivity index (χ2n) is 14.7. The van der Waals surface area contributed by atoms with Crippen LogP contribution in [0.15, 0.2) is 200 Å². The van der Waals surface area contributed by atoms with Gasteiger partial charge in [-0.1, -0.05) is 170 Å². The van der Waals surface area contributed by atoms with Gasteiger partial charge in [0.25, 0.3) is 11.8 Å². The number of hydrogen-bond donors (Lipinski definition) is 0. The van der Waals surface area contributed by atoms with Crippen molar-refractivity contribution in [2.24, 2.45) is 0 Å². The van der Waals surface area contributed by atoms with Crippen LogP contribution in [0.1, 0.15) is 20.7 Å². The summed E-state index contributed by atoms with van der Waals surface area (Å²) in [5.41, 5.74) is 9.76. The lowest BCUT2D eigenvalue weighted by atomic mass is 9.92. The van der Waals surface area contributed by atoms with Crippen LogP contribution in [0.3, 0.4) is 0 Å². The molecule has 0 spiro atoms. The minimum Gasteiger partial charge on any atom is -0.308 e. The van der Waals surface area contributed by atoms with Crippen LogP contribution >= 0.6 is 0 Å². The van der Waals surface area contributed by atoms with Gasteiger partial charge in [0.2, 0.25) is 0 Å². The molecule has 0 bridgehead atoms. The molecule has 2 amide bonds. The molecule has 60 heavy (non-hydrogen) atoms. The van der Waals surface area contributed by atoms with Gasteiger partial charge < -0.3 is 4.57 Å². The van der Waals surface area contributed by atoms with Crippen molar-refractivity contribution in [3.05, 3.63) is 211 Å². The third-order valence-electron chi connectivity index (χ3n) is 11.2. The van der Waals surface area contributed by atoms with Crippen molar-refractivity contribution in [3.8, 4) is 62.1 Å². The van der Waals surface area contributed by atoms with E-state index in [4.69, 9.17) is 15.0 Å². The van der Waals surface area contributed by atoms with Crippen molar-refractivity contribution in [2.75, 3.05) is 4.90 Å². The van der Waals surface area contributed by atoms with Gasteiger partial charge in [0.05, 0.1) is 33.5 Å². The lowest BCUT2D eigenvalue weighted by molar-refractivity contribution is 0.0926. The van der Waals surface area contributed by atoms with Gasteiger partial charge in [0, 0.05) is 33.0 Å². The van der Waals surface area contributed by atoms with Crippen molar-refractivity contribution in [3.63, 3.8) is 0 Å². The molecule has 0 saturated carbocycles. The van der Waals surface area contributed by atoms with Crippen LogP contribution in [0.4, 0.5) is 5.69 Å². The number of aromatic nitrogens is 4. The smallest absolute Gasteiger partial charge is 0.268 e. The van der Waals surface area contributed by atoms with Crippen molar-refractivity contribution in [1.82, 2.24) is 19.5 Å². The Labute approximate surface area is 345 Å². The zero-order chi connectivity index (χ0) is 40.2. The first-order chi connectivity index (χ1) is 29.6. The Bertz CT molecular complexity index is 3230. The van der Waals surface area contributed by atoms with Crippen LogP contribution < -0.4 is 4.90 Å². The molecule has 10 aromatic rings. The zero-order valence-electron chi connectivity index (χ0n) is 32.1. The third kappa shape index (κ3) is 5.71.